The van der Waals surface area contributed by atoms with E-state index < -0.39 is 6.17 Å². The van der Waals surface area contributed by atoms with Gasteiger partial charge in [-0.1, -0.05) is 59.7 Å². The van der Waals surface area contributed by atoms with Crippen molar-refractivity contribution in [3.05, 3.63) is 77.2 Å². The van der Waals surface area contributed by atoms with E-state index in [0.29, 0.717) is 19.0 Å². The zero-order chi connectivity index (χ0) is 22.8. The summed E-state index contributed by atoms with van der Waals surface area (Å²) in [5, 5.41) is 11.4. The van der Waals surface area contributed by atoms with Crippen molar-refractivity contribution in [3.8, 4) is 0 Å². The number of anilines is 1. The monoisotopic (exact) mass is 443 g/mol. The second-order valence-corrected chi connectivity index (χ2v) is 8.42. The molecule has 0 unspecified atom stereocenters. The highest BCUT2D eigenvalue weighted by molar-refractivity contribution is 6.16. The van der Waals surface area contributed by atoms with Gasteiger partial charge in [-0.25, -0.2) is 0 Å². The highest BCUT2D eigenvalue weighted by Gasteiger charge is 2.29. The van der Waals surface area contributed by atoms with Gasteiger partial charge in [0.25, 0.3) is 0 Å². The van der Waals surface area contributed by atoms with E-state index in [1.807, 2.05) is 59.5 Å². The van der Waals surface area contributed by atoms with Gasteiger partial charge in [-0.05, 0) is 18.4 Å². The van der Waals surface area contributed by atoms with Gasteiger partial charge in [0, 0.05) is 43.5 Å². The molecule has 8 nitrogen and oxygen atoms in total. The Balaban J connectivity index is 1.39. The van der Waals surface area contributed by atoms with Gasteiger partial charge < -0.3 is 14.6 Å². The van der Waals surface area contributed by atoms with Gasteiger partial charge in [0.2, 0.25) is 11.8 Å². The molecule has 0 aliphatic carbocycles. The van der Waals surface area contributed by atoms with Crippen LogP contribution in [-0.4, -0.2) is 51.8 Å². The molecule has 33 heavy (non-hydrogen) atoms. The summed E-state index contributed by atoms with van der Waals surface area (Å²) in [5.41, 5.74) is 3.59. The molecule has 5 rings (SSSR count). The average molecular weight is 444 g/mol. The molecular weight excluding hydrogens is 418 g/mol. The molecule has 2 aliphatic heterocycles. The summed E-state index contributed by atoms with van der Waals surface area (Å²) in [4.78, 5) is 31.3. The molecule has 1 atom stereocenters. The summed E-state index contributed by atoms with van der Waals surface area (Å²) < 4.78 is 5.87. The van der Waals surface area contributed by atoms with Crippen LogP contribution in [0.3, 0.4) is 0 Å². The van der Waals surface area contributed by atoms with Crippen molar-refractivity contribution in [1.82, 2.24) is 15.1 Å². The smallest absolute Gasteiger partial charge is 0.317 e. The maximum absolute atomic E-state index is 13.1. The second-order valence-electron chi connectivity index (χ2n) is 8.42. The lowest BCUT2D eigenvalue weighted by atomic mass is 9.96. The quantitative estimate of drug-likeness (QED) is 0.665. The molecule has 8 heteroatoms. The van der Waals surface area contributed by atoms with Crippen molar-refractivity contribution < 1.29 is 14.0 Å². The van der Waals surface area contributed by atoms with Gasteiger partial charge in [-0.3, -0.25) is 14.6 Å². The van der Waals surface area contributed by atoms with E-state index in [1.165, 1.54) is 0 Å². The fourth-order valence-electron chi connectivity index (χ4n) is 4.42. The predicted molar refractivity (Wildman–Crippen MR) is 123 cm³/mol. The molecule has 1 amide bonds. The van der Waals surface area contributed by atoms with Crippen molar-refractivity contribution in [2.75, 3.05) is 18.4 Å². The Labute approximate surface area is 191 Å². The summed E-state index contributed by atoms with van der Waals surface area (Å²) in [6.07, 6.45) is 0.975. The number of fused-ring (bicyclic) bond motifs is 1. The third-order valence-corrected chi connectivity index (χ3v) is 6.24. The van der Waals surface area contributed by atoms with E-state index in [9.17, 15) is 9.59 Å². The first-order valence-electron chi connectivity index (χ1n) is 11.2. The van der Waals surface area contributed by atoms with Crippen LogP contribution in [0.25, 0.3) is 0 Å². The van der Waals surface area contributed by atoms with Gasteiger partial charge in [0.05, 0.1) is 5.71 Å². The highest BCUT2D eigenvalue weighted by Crippen LogP contribution is 2.29. The number of ketones is 1. The van der Waals surface area contributed by atoms with Gasteiger partial charge in [-0.15, -0.1) is 5.10 Å². The zero-order valence-electron chi connectivity index (χ0n) is 18.4. The number of likely N-dealkylation sites (tertiary alicyclic amines) is 1. The van der Waals surface area contributed by atoms with Crippen molar-refractivity contribution in [1.29, 1.82) is 0 Å². The molecule has 168 valence electrons. The van der Waals surface area contributed by atoms with Crippen LogP contribution in [0.1, 0.15) is 48.3 Å². The van der Waals surface area contributed by atoms with Crippen LogP contribution >= 0.6 is 0 Å². The minimum Gasteiger partial charge on any atom is -0.408 e. The number of nitrogens with zero attached hydrogens (tertiary/aromatic N) is 4. The zero-order valence-corrected chi connectivity index (χ0v) is 18.4. The van der Waals surface area contributed by atoms with Crippen molar-refractivity contribution >= 4 is 23.4 Å². The molecule has 2 aliphatic rings. The number of nitrogens with one attached hydrogen (secondary N) is 1. The van der Waals surface area contributed by atoms with E-state index in [0.717, 1.165) is 35.2 Å². The van der Waals surface area contributed by atoms with Crippen molar-refractivity contribution in [2.24, 2.45) is 4.99 Å². The minimum atomic E-state index is -0.833. The van der Waals surface area contributed by atoms with E-state index in [4.69, 9.17) is 9.41 Å². The SMILES string of the molecule is CC(=O)N1CCC(c2nnc(N[C@H]3N=C(c4ccccc4)c4ccccc4CC3=O)o2)CC1. The maximum Gasteiger partial charge on any atom is 0.317 e. The van der Waals surface area contributed by atoms with Crippen LogP contribution in [0.4, 0.5) is 6.01 Å². The molecule has 1 aromatic heterocycles. The topological polar surface area (TPSA) is 101 Å². The average Bonchev–Trinajstić information content (AvgIpc) is 3.26. The number of carbonyl (C=O) groups is 2. The first-order chi connectivity index (χ1) is 16.1. The Hall–Kier alpha value is -3.81. The summed E-state index contributed by atoms with van der Waals surface area (Å²) in [6.45, 7) is 2.94. The Bertz CT molecular complexity index is 1200. The minimum absolute atomic E-state index is 0.0668. The normalized spacial score (nSPS) is 18.9. The largest absolute Gasteiger partial charge is 0.408 e. The number of hydrogen-bond donors (Lipinski definition) is 1. The summed E-state index contributed by atoms with van der Waals surface area (Å²) in [7, 11) is 0. The third-order valence-electron chi connectivity index (χ3n) is 6.24. The molecule has 0 bridgehead atoms. The van der Waals surface area contributed by atoms with Crippen molar-refractivity contribution in [3.63, 3.8) is 0 Å². The number of piperidine rings is 1. The number of Topliss-reactive ketones (excluding diaryl/α,β-unsaturated/α-hetero) is 1. The molecule has 1 saturated heterocycles. The standard InChI is InChI=1S/C25H25N5O3/c1-16(31)30-13-11-18(12-14-30)24-28-29-25(33-24)27-23-21(32)15-19-9-5-6-10-20(19)22(26-23)17-7-3-2-4-8-17/h2-10,18,23H,11-15H2,1H3,(H,27,29)/t23-/m1/s1. The van der Waals surface area contributed by atoms with Gasteiger partial charge in [0.15, 0.2) is 11.9 Å². The van der Waals surface area contributed by atoms with E-state index in [2.05, 4.69) is 15.5 Å². The molecule has 0 radical (unpaired) electrons. The number of carbonyl (C=O) groups excluding carboxylic acids is 2. The van der Waals surface area contributed by atoms with Gasteiger partial charge in [0.1, 0.15) is 0 Å². The van der Waals surface area contributed by atoms with Crippen LogP contribution in [0, 0.1) is 0 Å². The van der Waals surface area contributed by atoms with Crippen LogP contribution < -0.4 is 5.32 Å². The van der Waals surface area contributed by atoms with E-state index in [1.54, 1.807) is 6.92 Å². The molecule has 0 spiro atoms. The van der Waals surface area contributed by atoms with Gasteiger partial charge >= 0.3 is 6.01 Å². The number of benzene rings is 2. The fourth-order valence-corrected chi connectivity index (χ4v) is 4.42. The number of amides is 1. The summed E-state index contributed by atoms with van der Waals surface area (Å²) in [5.74, 6) is 0.641. The molecule has 1 N–H and O–H groups in total. The molecular formula is C25H25N5O3. The molecule has 3 heterocycles. The Morgan fingerprint density at radius 2 is 1.76 bits per heavy atom. The highest BCUT2D eigenvalue weighted by atomic mass is 16.4. The Morgan fingerprint density at radius 3 is 2.52 bits per heavy atom. The lowest BCUT2D eigenvalue weighted by molar-refractivity contribution is -0.129. The van der Waals surface area contributed by atoms with Crippen LogP contribution in [0.15, 0.2) is 64.0 Å². The number of aromatic nitrogens is 2. The third kappa shape index (κ3) is 4.41. The molecule has 0 saturated carbocycles. The van der Waals surface area contributed by atoms with Crippen LogP contribution in [-0.2, 0) is 16.0 Å². The first-order valence-corrected chi connectivity index (χ1v) is 11.2. The summed E-state index contributed by atoms with van der Waals surface area (Å²) in [6, 6.07) is 17.9. The maximum atomic E-state index is 13.1. The Kier molecular flexibility index (Phi) is 5.73. The van der Waals surface area contributed by atoms with Crippen molar-refractivity contribution in [2.45, 2.75) is 38.3 Å². The van der Waals surface area contributed by atoms with E-state index >= 15 is 0 Å². The predicted octanol–water partition coefficient (Wildman–Crippen LogP) is 3.20. The van der Waals surface area contributed by atoms with Gasteiger partial charge in [-0.2, -0.15) is 0 Å². The lowest BCUT2D eigenvalue weighted by Gasteiger charge is -2.29. The molecule has 2 aromatic carbocycles. The van der Waals surface area contributed by atoms with E-state index in [-0.39, 0.29) is 30.0 Å². The number of rotatable bonds is 4. The number of aliphatic imine (C=N–C) groups is 1. The van der Waals surface area contributed by atoms with Crippen LogP contribution in [0.2, 0.25) is 0 Å². The summed E-state index contributed by atoms with van der Waals surface area (Å²) >= 11 is 0. The van der Waals surface area contributed by atoms with Crippen LogP contribution in [0.5, 0.6) is 0 Å². The first kappa shape index (κ1) is 21.1. The fraction of sp³-hybridized carbons (Fsp3) is 0.320. The molecule has 1 fully saturated rings. The Morgan fingerprint density at radius 1 is 1.03 bits per heavy atom. The molecule has 3 aromatic rings. The second kappa shape index (κ2) is 8.97. The number of hydrogen-bond acceptors (Lipinski definition) is 7. The lowest BCUT2D eigenvalue weighted by Crippen LogP contribution is -2.36.